The first-order valence-electron chi connectivity index (χ1n) is 9.38. The molecule has 2 heterocycles. The average molecular weight is 364 g/mol. The van der Waals surface area contributed by atoms with Crippen molar-refractivity contribution in [2.75, 3.05) is 0 Å². The molecular weight excluding hydrogens is 340 g/mol. The van der Waals surface area contributed by atoms with Gasteiger partial charge in [0.05, 0.1) is 11.7 Å². The van der Waals surface area contributed by atoms with Crippen LogP contribution in [-0.2, 0) is 7.05 Å². The Morgan fingerprint density at radius 2 is 2.07 bits per heavy atom. The number of fused-ring (bicyclic) bond motifs is 1. The van der Waals surface area contributed by atoms with Crippen LogP contribution >= 0.6 is 0 Å². The summed E-state index contributed by atoms with van der Waals surface area (Å²) in [7, 11) is 1.71. The van der Waals surface area contributed by atoms with Gasteiger partial charge in [-0.05, 0) is 37.7 Å². The third-order valence-corrected chi connectivity index (χ3v) is 5.83. The number of rotatable bonds is 3. The molecule has 4 atom stereocenters. The molecule has 1 aromatic heterocycles. The lowest BCUT2D eigenvalue weighted by molar-refractivity contribution is 0.0906. The van der Waals surface area contributed by atoms with E-state index < -0.39 is 0 Å². The molecule has 140 valence electrons. The van der Waals surface area contributed by atoms with Gasteiger partial charge < -0.3 is 9.88 Å². The average Bonchev–Trinajstić information content (AvgIpc) is 3.22. The van der Waals surface area contributed by atoms with Crippen LogP contribution in [0.1, 0.15) is 52.9 Å². The minimum absolute atomic E-state index is 0.117. The van der Waals surface area contributed by atoms with Gasteiger partial charge in [-0.3, -0.25) is 10.2 Å². The molecule has 7 nitrogen and oxygen atoms in total. The lowest BCUT2D eigenvalue weighted by atomic mass is 9.77. The van der Waals surface area contributed by atoms with Crippen molar-refractivity contribution in [3.05, 3.63) is 53.1 Å². The maximum Gasteiger partial charge on any atom is 0.270 e. The normalized spacial score (nSPS) is 27.0. The van der Waals surface area contributed by atoms with Gasteiger partial charge in [0.15, 0.2) is 0 Å². The van der Waals surface area contributed by atoms with Gasteiger partial charge in [-0.2, -0.15) is 5.26 Å². The monoisotopic (exact) mass is 364 g/mol. The Labute approximate surface area is 158 Å². The lowest BCUT2D eigenvalue weighted by Crippen LogP contribution is -2.44. The number of carbonyl (C=O) groups is 1. The Kier molecular flexibility index (Phi) is 4.68. The Hall–Kier alpha value is -2.69. The van der Waals surface area contributed by atoms with Crippen molar-refractivity contribution in [1.82, 2.24) is 25.7 Å². The minimum Gasteiger partial charge on any atom is -0.348 e. The highest BCUT2D eigenvalue weighted by molar-refractivity contribution is 5.94. The molecule has 27 heavy (non-hydrogen) atoms. The van der Waals surface area contributed by atoms with E-state index in [1.807, 2.05) is 12.1 Å². The summed E-state index contributed by atoms with van der Waals surface area (Å²) in [6, 6.07) is 13.3. The topological polar surface area (TPSA) is 94.8 Å². The Morgan fingerprint density at radius 3 is 2.78 bits per heavy atom. The minimum atomic E-state index is -0.150. The number of nitrogens with zero attached hydrogens (tertiary/aromatic N) is 3. The summed E-state index contributed by atoms with van der Waals surface area (Å²) >= 11 is 0. The Bertz CT molecular complexity index is 884. The molecule has 4 unspecified atom stereocenters. The number of benzene rings is 1. The molecule has 1 aromatic carbocycles. The van der Waals surface area contributed by atoms with Gasteiger partial charge in [0, 0.05) is 19.1 Å². The van der Waals surface area contributed by atoms with Crippen LogP contribution in [0, 0.1) is 24.2 Å². The maximum atomic E-state index is 12.8. The number of nitriles is 1. The molecule has 1 saturated carbocycles. The van der Waals surface area contributed by atoms with E-state index in [9.17, 15) is 4.79 Å². The maximum absolute atomic E-state index is 12.8. The fourth-order valence-electron chi connectivity index (χ4n) is 4.48. The number of carbonyl (C=O) groups excluding carboxylic acids is 1. The number of nitrogens with one attached hydrogen (secondary N) is 3. The molecule has 1 aliphatic heterocycles. The largest absolute Gasteiger partial charge is 0.348 e. The number of aromatic nitrogens is 2. The zero-order valence-electron chi connectivity index (χ0n) is 15.6. The molecule has 1 aliphatic carbocycles. The number of aryl methyl sites for hydroxylation is 1. The van der Waals surface area contributed by atoms with Crippen molar-refractivity contribution in [2.45, 2.75) is 44.3 Å². The van der Waals surface area contributed by atoms with Crippen LogP contribution in [0.4, 0.5) is 0 Å². The van der Waals surface area contributed by atoms with Crippen LogP contribution in [-0.4, -0.2) is 27.5 Å². The van der Waals surface area contributed by atoms with Crippen molar-refractivity contribution < 1.29 is 4.79 Å². The van der Waals surface area contributed by atoms with E-state index in [1.165, 1.54) is 5.56 Å². The second kappa shape index (κ2) is 7.14. The van der Waals surface area contributed by atoms with E-state index in [4.69, 9.17) is 5.26 Å². The second-order valence-electron chi connectivity index (χ2n) is 7.47. The van der Waals surface area contributed by atoms with E-state index in [0.29, 0.717) is 23.3 Å². The Balaban J connectivity index is 1.48. The molecule has 0 bridgehead atoms. The number of imidazole rings is 1. The highest BCUT2D eigenvalue weighted by Gasteiger charge is 2.41. The molecule has 2 aliphatic rings. The van der Waals surface area contributed by atoms with Crippen molar-refractivity contribution in [2.24, 2.45) is 13.0 Å². The van der Waals surface area contributed by atoms with Crippen LogP contribution in [0.2, 0.25) is 0 Å². The highest BCUT2D eigenvalue weighted by atomic mass is 16.2. The first kappa shape index (κ1) is 17.7. The summed E-state index contributed by atoms with van der Waals surface area (Å²) < 4.78 is 1.57. The zero-order chi connectivity index (χ0) is 19.0. The first-order chi connectivity index (χ1) is 13.1. The summed E-state index contributed by atoms with van der Waals surface area (Å²) in [4.78, 5) is 17.0. The van der Waals surface area contributed by atoms with E-state index in [-0.39, 0.29) is 23.8 Å². The number of amides is 1. The summed E-state index contributed by atoms with van der Waals surface area (Å²) in [5, 5.41) is 12.3. The fraction of sp³-hybridized carbons (Fsp3) is 0.450. The number of hydrogen-bond acceptors (Lipinski definition) is 5. The van der Waals surface area contributed by atoms with Crippen molar-refractivity contribution in [1.29, 1.82) is 5.26 Å². The van der Waals surface area contributed by atoms with E-state index in [1.54, 1.807) is 18.5 Å². The summed E-state index contributed by atoms with van der Waals surface area (Å²) in [6.07, 6.45) is 2.86. The predicted octanol–water partition coefficient (Wildman–Crippen LogP) is 1.72. The van der Waals surface area contributed by atoms with Gasteiger partial charge in [0.25, 0.3) is 5.91 Å². The smallest absolute Gasteiger partial charge is 0.270 e. The van der Waals surface area contributed by atoms with Crippen LogP contribution in [0.3, 0.4) is 0 Å². The second-order valence-corrected chi connectivity index (χ2v) is 7.47. The Morgan fingerprint density at radius 1 is 1.30 bits per heavy atom. The predicted molar refractivity (Wildman–Crippen MR) is 100 cm³/mol. The zero-order valence-corrected chi connectivity index (χ0v) is 15.6. The third-order valence-electron chi connectivity index (χ3n) is 5.83. The van der Waals surface area contributed by atoms with Crippen molar-refractivity contribution >= 4 is 5.91 Å². The van der Waals surface area contributed by atoms with Gasteiger partial charge in [-0.15, -0.1) is 0 Å². The van der Waals surface area contributed by atoms with Gasteiger partial charge in [0.1, 0.15) is 11.8 Å². The molecular formula is C20H24N6O. The van der Waals surface area contributed by atoms with Gasteiger partial charge >= 0.3 is 0 Å². The van der Waals surface area contributed by atoms with Crippen molar-refractivity contribution in [3.8, 4) is 6.07 Å². The molecule has 0 radical (unpaired) electrons. The SMILES string of the molecule is Cc1nc(C#N)n(C)c1C(=O)NC1CCC2NNC(c3ccccc3)C2C1. The van der Waals surface area contributed by atoms with Crippen LogP contribution < -0.4 is 16.2 Å². The summed E-state index contributed by atoms with van der Waals surface area (Å²) in [6.45, 7) is 1.77. The standard InChI is InChI=1S/C20H24N6O/c1-12-19(26(2)17(11-21)22-12)20(27)23-14-8-9-16-15(10-14)18(25-24-16)13-6-4-3-5-7-13/h3-7,14-16,18,24-25H,8-10H2,1-2H3,(H,23,27). The molecule has 2 aromatic rings. The molecule has 2 fully saturated rings. The third kappa shape index (κ3) is 3.22. The van der Waals surface area contributed by atoms with Crippen molar-refractivity contribution in [3.63, 3.8) is 0 Å². The number of hydrogen-bond donors (Lipinski definition) is 3. The van der Waals surface area contributed by atoms with Gasteiger partial charge in [-0.25, -0.2) is 10.4 Å². The van der Waals surface area contributed by atoms with E-state index >= 15 is 0 Å². The van der Waals surface area contributed by atoms with E-state index in [0.717, 1.165) is 19.3 Å². The van der Waals surface area contributed by atoms with Crippen LogP contribution in [0.5, 0.6) is 0 Å². The quantitative estimate of drug-likeness (QED) is 0.771. The molecule has 1 amide bonds. The molecule has 7 heteroatoms. The molecule has 3 N–H and O–H groups in total. The van der Waals surface area contributed by atoms with Gasteiger partial charge in [-0.1, -0.05) is 30.3 Å². The van der Waals surface area contributed by atoms with Crippen LogP contribution in [0.25, 0.3) is 0 Å². The molecule has 0 spiro atoms. The number of hydrazine groups is 1. The fourth-order valence-corrected chi connectivity index (χ4v) is 4.48. The molecule has 4 rings (SSSR count). The van der Waals surface area contributed by atoms with E-state index in [2.05, 4.69) is 45.4 Å². The summed E-state index contributed by atoms with van der Waals surface area (Å²) in [5.41, 5.74) is 9.19. The molecule has 1 saturated heterocycles. The lowest BCUT2D eigenvalue weighted by Gasteiger charge is -2.33. The highest BCUT2D eigenvalue weighted by Crippen LogP contribution is 2.38. The van der Waals surface area contributed by atoms with Gasteiger partial charge in [0.2, 0.25) is 5.82 Å². The first-order valence-corrected chi connectivity index (χ1v) is 9.38. The summed E-state index contributed by atoms with van der Waals surface area (Å²) in [5.74, 6) is 0.533. The van der Waals surface area contributed by atoms with Crippen LogP contribution in [0.15, 0.2) is 30.3 Å².